The average Bonchev–Trinajstić information content (AvgIpc) is 2.97. The Labute approximate surface area is 134 Å². The Hall–Kier alpha value is -2.88. The zero-order valence-electron chi connectivity index (χ0n) is 13.1. The molecule has 1 N–H and O–H groups in total. The van der Waals surface area contributed by atoms with Crippen molar-refractivity contribution in [2.45, 2.75) is 20.0 Å². The number of ether oxygens (including phenoxy) is 1. The lowest BCUT2D eigenvalue weighted by atomic mass is 10.1. The molecule has 4 rings (SSSR count). The zero-order valence-corrected chi connectivity index (χ0v) is 13.1. The highest BCUT2D eigenvalue weighted by Gasteiger charge is 2.07. The van der Waals surface area contributed by atoms with Gasteiger partial charge in [-0.2, -0.15) is 0 Å². The predicted molar refractivity (Wildman–Crippen MR) is 92.6 cm³/mol. The van der Waals surface area contributed by atoms with E-state index >= 15 is 0 Å². The van der Waals surface area contributed by atoms with E-state index in [9.17, 15) is 0 Å². The summed E-state index contributed by atoms with van der Waals surface area (Å²) in [6.45, 7) is 4.06. The van der Waals surface area contributed by atoms with E-state index in [2.05, 4.69) is 45.3 Å². The molecule has 0 aliphatic carbocycles. The third kappa shape index (κ3) is 2.63. The van der Waals surface area contributed by atoms with Crippen molar-refractivity contribution in [1.82, 2.24) is 15.0 Å². The highest BCUT2D eigenvalue weighted by Crippen LogP contribution is 2.27. The van der Waals surface area contributed by atoms with Gasteiger partial charge in [0, 0.05) is 11.8 Å². The third-order valence-corrected chi connectivity index (χ3v) is 3.74. The van der Waals surface area contributed by atoms with Gasteiger partial charge in [-0.15, -0.1) is 0 Å². The molecule has 0 saturated heterocycles. The normalized spacial score (nSPS) is 11.4. The Morgan fingerprint density at radius 3 is 2.70 bits per heavy atom. The number of imidazole rings is 1. The van der Waals surface area contributed by atoms with E-state index in [1.54, 1.807) is 12.4 Å². The van der Waals surface area contributed by atoms with Gasteiger partial charge in [0.2, 0.25) is 0 Å². The molecule has 2 heterocycles. The molecular formula is C19H17N3O. The first-order valence-electron chi connectivity index (χ1n) is 7.69. The van der Waals surface area contributed by atoms with Crippen LogP contribution in [0.2, 0.25) is 0 Å². The van der Waals surface area contributed by atoms with Gasteiger partial charge in [0.05, 0.1) is 23.3 Å². The summed E-state index contributed by atoms with van der Waals surface area (Å²) in [7, 11) is 0. The summed E-state index contributed by atoms with van der Waals surface area (Å²) in [5.74, 6) is 1.74. The standard InChI is InChI=1S/C19H17N3O/c1-12(2)23-16-6-5-13-3-4-14(9-15(13)10-16)19-21-17-7-8-20-11-18(17)22-19/h3-12H,1-2H3,(H,21,22). The number of nitrogens with zero attached hydrogens (tertiary/aromatic N) is 2. The molecular weight excluding hydrogens is 286 g/mol. The van der Waals surface area contributed by atoms with Gasteiger partial charge >= 0.3 is 0 Å². The van der Waals surface area contributed by atoms with Crippen LogP contribution in [0.4, 0.5) is 0 Å². The molecule has 0 unspecified atom stereocenters. The maximum Gasteiger partial charge on any atom is 0.138 e. The number of benzene rings is 2. The lowest BCUT2D eigenvalue weighted by molar-refractivity contribution is 0.243. The zero-order chi connectivity index (χ0) is 15.8. The number of rotatable bonds is 3. The first-order valence-corrected chi connectivity index (χ1v) is 7.69. The van der Waals surface area contributed by atoms with E-state index in [1.807, 2.05) is 26.0 Å². The van der Waals surface area contributed by atoms with Crippen LogP contribution >= 0.6 is 0 Å². The largest absolute Gasteiger partial charge is 0.491 e. The van der Waals surface area contributed by atoms with Crippen molar-refractivity contribution < 1.29 is 4.74 Å². The first-order chi connectivity index (χ1) is 11.2. The van der Waals surface area contributed by atoms with Crippen molar-refractivity contribution in [3.8, 4) is 17.1 Å². The molecule has 0 spiro atoms. The SMILES string of the molecule is CC(C)Oc1ccc2ccc(-c3nc4ccncc4[nH]3)cc2c1. The molecule has 0 aliphatic heterocycles. The Kier molecular flexibility index (Phi) is 3.23. The molecule has 0 radical (unpaired) electrons. The first kappa shape index (κ1) is 13.8. The van der Waals surface area contributed by atoms with E-state index in [1.165, 1.54) is 5.39 Å². The highest BCUT2D eigenvalue weighted by molar-refractivity contribution is 5.88. The molecule has 2 aromatic carbocycles. The molecule has 0 fully saturated rings. The highest BCUT2D eigenvalue weighted by atomic mass is 16.5. The number of nitrogens with one attached hydrogen (secondary N) is 1. The number of aromatic amines is 1. The quantitative estimate of drug-likeness (QED) is 0.603. The minimum atomic E-state index is 0.165. The average molecular weight is 303 g/mol. The van der Waals surface area contributed by atoms with Crippen LogP contribution in [-0.2, 0) is 0 Å². The summed E-state index contributed by atoms with van der Waals surface area (Å²) in [6.07, 6.45) is 3.71. The Bertz CT molecular complexity index is 955. The van der Waals surface area contributed by atoms with Crippen LogP contribution in [0.1, 0.15) is 13.8 Å². The third-order valence-electron chi connectivity index (χ3n) is 3.74. The lowest BCUT2D eigenvalue weighted by Gasteiger charge is -2.10. The summed E-state index contributed by atoms with van der Waals surface area (Å²) < 4.78 is 5.78. The molecule has 2 aromatic heterocycles. The molecule has 0 bridgehead atoms. The van der Waals surface area contributed by atoms with Crippen LogP contribution < -0.4 is 4.74 Å². The second-order valence-electron chi connectivity index (χ2n) is 5.87. The maximum atomic E-state index is 5.78. The van der Waals surface area contributed by atoms with Crippen molar-refractivity contribution in [2.24, 2.45) is 0 Å². The van der Waals surface area contributed by atoms with Crippen LogP contribution in [-0.4, -0.2) is 21.1 Å². The van der Waals surface area contributed by atoms with Gasteiger partial charge in [-0.1, -0.05) is 18.2 Å². The molecule has 4 heteroatoms. The van der Waals surface area contributed by atoms with E-state index in [0.29, 0.717) is 0 Å². The molecule has 4 nitrogen and oxygen atoms in total. The van der Waals surface area contributed by atoms with Gasteiger partial charge in [0.15, 0.2) is 0 Å². The van der Waals surface area contributed by atoms with Gasteiger partial charge in [-0.25, -0.2) is 4.98 Å². The number of fused-ring (bicyclic) bond motifs is 2. The van der Waals surface area contributed by atoms with Gasteiger partial charge in [-0.3, -0.25) is 4.98 Å². The maximum absolute atomic E-state index is 5.78. The van der Waals surface area contributed by atoms with Gasteiger partial charge in [0.1, 0.15) is 11.6 Å². The summed E-state index contributed by atoms with van der Waals surface area (Å²) in [5, 5.41) is 2.32. The Morgan fingerprint density at radius 1 is 1.00 bits per heavy atom. The minimum Gasteiger partial charge on any atom is -0.491 e. The summed E-state index contributed by atoms with van der Waals surface area (Å²) in [4.78, 5) is 12.1. The number of pyridine rings is 1. The van der Waals surface area contributed by atoms with Crippen molar-refractivity contribution in [1.29, 1.82) is 0 Å². The number of hydrogen-bond acceptors (Lipinski definition) is 3. The summed E-state index contributed by atoms with van der Waals surface area (Å²) >= 11 is 0. The van der Waals surface area contributed by atoms with Crippen molar-refractivity contribution in [3.05, 3.63) is 54.9 Å². The summed E-state index contributed by atoms with van der Waals surface area (Å²) in [6, 6.07) is 14.4. The smallest absolute Gasteiger partial charge is 0.138 e. The molecule has 4 aromatic rings. The fraction of sp³-hybridized carbons (Fsp3) is 0.158. The Balaban J connectivity index is 1.80. The minimum absolute atomic E-state index is 0.165. The van der Waals surface area contributed by atoms with Crippen LogP contribution in [0.15, 0.2) is 54.9 Å². The van der Waals surface area contributed by atoms with E-state index in [-0.39, 0.29) is 6.10 Å². The molecule has 0 aliphatic rings. The predicted octanol–water partition coefficient (Wildman–Crippen LogP) is 4.57. The fourth-order valence-electron chi connectivity index (χ4n) is 2.71. The number of aromatic nitrogens is 3. The van der Waals surface area contributed by atoms with Gasteiger partial charge < -0.3 is 9.72 Å². The van der Waals surface area contributed by atoms with Gasteiger partial charge in [-0.05, 0) is 48.9 Å². The molecule has 0 atom stereocenters. The second-order valence-corrected chi connectivity index (χ2v) is 5.87. The second kappa shape index (κ2) is 5.39. The van der Waals surface area contributed by atoms with Gasteiger partial charge in [0.25, 0.3) is 0 Å². The number of H-pyrrole nitrogens is 1. The summed E-state index contributed by atoms with van der Waals surface area (Å²) in [5.41, 5.74) is 2.92. The molecule has 0 amide bonds. The van der Waals surface area contributed by atoms with Crippen LogP contribution in [0.5, 0.6) is 5.75 Å². The molecule has 0 saturated carbocycles. The van der Waals surface area contributed by atoms with Crippen LogP contribution in [0, 0.1) is 0 Å². The molecule has 114 valence electrons. The van der Waals surface area contributed by atoms with Crippen molar-refractivity contribution in [3.63, 3.8) is 0 Å². The monoisotopic (exact) mass is 303 g/mol. The van der Waals surface area contributed by atoms with E-state index < -0.39 is 0 Å². The van der Waals surface area contributed by atoms with Crippen molar-refractivity contribution in [2.75, 3.05) is 0 Å². The fourth-order valence-corrected chi connectivity index (χ4v) is 2.71. The molecule has 23 heavy (non-hydrogen) atoms. The Morgan fingerprint density at radius 2 is 1.87 bits per heavy atom. The van der Waals surface area contributed by atoms with E-state index in [0.717, 1.165) is 33.6 Å². The van der Waals surface area contributed by atoms with Crippen LogP contribution in [0.25, 0.3) is 33.2 Å². The van der Waals surface area contributed by atoms with Crippen LogP contribution in [0.3, 0.4) is 0 Å². The van der Waals surface area contributed by atoms with E-state index in [4.69, 9.17) is 4.74 Å². The number of hydrogen-bond donors (Lipinski definition) is 1. The van der Waals surface area contributed by atoms with Crippen molar-refractivity contribution >= 4 is 21.8 Å². The lowest BCUT2D eigenvalue weighted by Crippen LogP contribution is -2.05. The topological polar surface area (TPSA) is 50.8 Å².